The summed E-state index contributed by atoms with van der Waals surface area (Å²) >= 11 is 0. The number of fused-ring (bicyclic) bond motifs is 1. The lowest BCUT2D eigenvalue weighted by Crippen LogP contribution is -2.46. The summed E-state index contributed by atoms with van der Waals surface area (Å²) < 4.78 is 22.4. The van der Waals surface area contributed by atoms with Crippen LogP contribution in [0.3, 0.4) is 0 Å². The fourth-order valence-corrected chi connectivity index (χ4v) is 4.05. The normalized spacial score (nSPS) is 17.4. The molecule has 3 rings (SSSR count). The predicted octanol–water partition coefficient (Wildman–Crippen LogP) is 2.39. The molecule has 130 valence electrons. The van der Waals surface area contributed by atoms with Gasteiger partial charge in [0.1, 0.15) is 9.84 Å². The summed E-state index contributed by atoms with van der Waals surface area (Å²) in [6.07, 6.45) is 2.05. The van der Waals surface area contributed by atoms with Crippen molar-refractivity contribution in [3.8, 4) is 0 Å². The number of hydrogen-bond acceptors (Lipinski definition) is 4. The Morgan fingerprint density at radius 1 is 0.917 bits per heavy atom. The highest BCUT2D eigenvalue weighted by molar-refractivity contribution is 7.90. The first-order chi connectivity index (χ1) is 11.5. The first-order valence-electron chi connectivity index (χ1n) is 8.60. The molecule has 0 atom stereocenters. The topological polar surface area (TPSA) is 40.6 Å². The Balaban J connectivity index is 1.52. The van der Waals surface area contributed by atoms with Crippen LogP contribution in [-0.4, -0.2) is 63.0 Å². The van der Waals surface area contributed by atoms with E-state index in [-0.39, 0.29) is 0 Å². The van der Waals surface area contributed by atoms with Gasteiger partial charge >= 0.3 is 0 Å². The van der Waals surface area contributed by atoms with Gasteiger partial charge in [-0.1, -0.05) is 42.5 Å². The van der Waals surface area contributed by atoms with Crippen molar-refractivity contribution >= 4 is 20.6 Å². The summed E-state index contributed by atoms with van der Waals surface area (Å²) in [7, 11) is -2.83. The highest BCUT2D eigenvalue weighted by atomic mass is 32.2. The summed E-state index contributed by atoms with van der Waals surface area (Å²) in [6, 6.07) is 15.1. The smallest absolute Gasteiger partial charge is 0.147 e. The van der Waals surface area contributed by atoms with Gasteiger partial charge in [-0.3, -0.25) is 4.90 Å². The van der Waals surface area contributed by atoms with Crippen molar-refractivity contribution in [2.75, 3.05) is 44.7 Å². The van der Waals surface area contributed by atoms with E-state index in [9.17, 15) is 8.42 Å². The molecular weight excluding hydrogens is 320 g/mol. The molecule has 0 N–H and O–H groups in total. The van der Waals surface area contributed by atoms with E-state index in [4.69, 9.17) is 0 Å². The highest BCUT2D eigenvalue weighted by Crippen LogP contribution is 2.20. The minimum absolute atomic E-state index is 0.295. The molecule has 0 bridgehead atoms. The minimum Gasteiger partial charge on any atom is -0.301 e. The van der Waals surface area contributed by atoms with Crippen LogP contribution in [0.1, 0.15) is 12.0 Å². The van der Waals surface area contributed by atoms with Gasteiger partial charge in [0.15, 0.2) is 0 Å². The summed E-state index contributed by atoms with van der Waals surface area (Å²) in [5.74, 6) is 0.295. The fourth-order valence-electron chi connectivity index (χ4n) is 3.39. The maximum Gasteiger partial charge on any atom is 0.147 e. The van der Waals surface area contributed by atoms with Crippen LogP contribution < -0.4 is 0 Å². The van der Waals surface area contributed by atoms with Crippen LogP contribution in [0.25, 0.3) is 10.8 Å². The Bertz CT molecular complexity index is 776. The van der Waals surface area contributed by atoms with E-state index in [0.29, 0.717) is 5.75 Å². The van der Waals surface area contributed by atoms with Gasteiger partial charge in [-0.15, -0.1) is 0 Å². The second kappa shape index (κ2) is 7.64. The van der Waals surface area contributed by atoms with E-state index < -0.39 is 9.84 Å². The van der Waals surface area contributed by atoms with E-state index in [2.05, 4.69) is 52.3 Å². The highest BCUT2D eigenvalue weighted by Gasteiger charge is 2.17. The molecule has 4 nitrogen and oxygen atoms in total. The molecule has 0 unspecified atom stereocenters. The Morgan fingerprint density at radius 3 is 2.33 bits per heavy atom. The van der Waals surface area contributed by atoms with Crippen LogP contribution in [0, 0.1) is 0 Å². The third-order valence-electron chi connectivity index (χ3n) is 4.73. The molecule has 2 aromatic carbocycles. The third kappa shape index (κ3) is 4.79. The molecule has 0 aromatic heterocycles. The molecule has 1 saturated heterocycles. The van der Waals surface area contributed by atoms with Crippen LogP contribution in [0.2, 0.25) is 0 Å². The number of sulfone groups is 1. The second-order valence-electron chi connectivity index (χ2n) is 6.74. The van der Waals surface area contributed by atoms with E-state index >= 15 is 0 Å². The average Bonchev–Trinajstić information content (AvgIpc) is 2.56. The quantitative estimate of drug-likeness (QED) is 0.805. The number of benzene rings is 2. The lowest BCUT2D eigenvalue weighted by Gasteiger charge is -2.34. The van der Waals surface area contributed by atoms with Gasteiger partial charge in [0.05, 0.1) is 5.75 Å². The van der Waals surface area contributed by atoms with Crippen molar-refractivity contribution in [3.05, 3.63) is 48.0 Å². The first kappa shape index (κ1) is 17.4. The van der Waals surface area contributed by atoms with Gasteiger partial charge in [0.25, 0.3) is 0 Å². The summed E-state index contributed by atoms with van der Waals surface area (Å²) in [5, 5.41) is 2.64. The Morgan fingerprint density at radius 2 is 1.58 bits per heavy atom. The zero-order valence-electron chi connectivity index (χ0n) is 14.3. The SMILES string of the molecule is CS(=O)(=O)CCCN1CCN(Cc2cccc3ccccc23)CC1. The standard InChI is InChI=1S/C19H26N2O2S/c1-24(22,23)15-5-10-20-11-13-21(14-12-20)16-18-8-4-7-17-6-2-3-9-19(17)18/h2-4,6-9H,5,10-16H2,1H3. The molecule has 24 heavy (non-hydrogen) atoms. The van der Waals surface area contributed by atoms with Crippen molar-refractivity contribution in [1.29, 1.82) is 0 Å². The largest absolute Gasteiger partial charge is 0.301 e. The van der Waals surface area contributed by atoms with Crippen molar-refractivity contribution in [2.24, 2.45) is 0 Å². The third-order valence-corrected chi connectivity index (χ3v) is 5.76. The number of piperazine rings is 1. The summed E-state index contributed by atoms with van der Waals surface area (Å²) in [5.41, 5.74) is 1.39. The molecule has 0 spiro atoms. The molecule has 0 radical (unpaired) electrons. The van der Waals surface area contributed by atoms with Crippen molar-refractivity contribution in [3.63, 3.8) is 0 Å². The fraction of sp³-hybridized carbons (Fsp3) is 0.474. The van der Waals surface area contributed by atoms with E-state index in [0.717, 1.165) is 45.7 Å². The van der Waals surface area contributed by atoms with Crippen LogP contribution in [0.15, 0.2) is 42.5 Å². The minimum atomic E-state index is -2.83. The average molecular weight is 346 g/mol. The molecule has 5 heteroatoms. The molecule has 1 fully saturated rings. The molecule has 0 amide bonds. The van der Waals surface area contributed by atoms with E-state index in [1.54, 1.807) is 0 Å². The molecule has 2 aromatic rings. The Hall–Kier alpha value is -1.43. The maximum atomic E-state index is 11.2. The van der Waals surface area contributed by atoms with E-state index in [1.165, 1.54) is 22.6 Å². The number of nitrogens with zero attached hydrogens (tertiary/aromatic N) is 2. The molecule has 0 aliphatic carbocycles. The summed E-state index contributed by atoms with van der Waals surface area (Å²) in [4.78, 5) is 4.87. The van der Waals surface area contributed by atoms with Gasteiger partial charge in [-0.25, -0.2) is 8.42 Å². The first-order valence-corrected chi connectivity index (χ1v) is 10.7. The monoisotopic (exact) mass is 346 g/mol. The molecule has 1 heterocycles. The van der Waals surface area contributed by atoms with Gasteiger partial charge in [0, 0.05) is 39.0 Å². The second-order valence-corrected chi connectivity index (χ2v) is 9.00. The predicted molar refractivity (Wildman–Crippen MR) is 100.0 cm³/mol. The molecular formula is C19H26N2O2S. The van der Waals surface area contributed by atoms with Gasteiger partial charge in [0.2, 0.25) is 0 Å². The Labute approximate surface area is 145 Å². The van der Waals surface area contributed by atoms with Crippen LogP contribution in [0.5, 0.6) is 0 Å². The maximum absolute atomic E-state index is 11.2. The molecule has 1 aliphatic heterocycles. The van der Waals surface area contributed by atoms with Crippen LogP contribution in [0.4, 0.5) is 0 Å². The van der Waals surface area contributed by atoms with E-state index in [1.807, 2.05) is 0 Å². The summed E-state index contributed by atoms with van der Waals surface area (Å²) in [6.45, 7) is 6.00. The lowest BCUT2D eigenvalue weighted by atomic mass is 10.0. The van der Waals surface area contributed by atoms with Crippen molar-refractivity contribution < 1.29 is 8.42 Å². The van der Waals surface area contributed by atoms with Crippen LogP contribution >= 0.6 is 0 Å². The Kier molecular flexibility index (Phi) is 5.54. The zero-order valence-corrected chi connectivity index (χ0v) is 15.1. The molecule has 1 aliphatic rings. The molecule has 0 saturated carbocycles. The number of hydrogen-bond donors (Lipinski definition) is 0. The van der Waals surface area contributed by atoms with Crippen LogP contribution in [-0.2, 0) is 16.4 Å². The van der Waals surface area contributed by atoms with Crippen molar-refractivity contribution in [2.45, 2.75) is 13.0 Å². The zero-order chi connectivity index (χ0) is 17.0. The lowest BCUT2D eigenvalue weighted by molar-refractivity contribution is 0.128. The van der Waals surface area contributed by atoms with Crippen molar-refractivity contribution in [1.82, 2.24) is 9.80 Å². The van der Waals surface area contributed by atoms with Gasteiger partial charge < -0.3 is 4.90 Å². The van der Waals surface area contributed by atoms with Gasteiger partial charge in [-0.2, -0.15) is 0 Å². The number of rotatable bonds is 6. The van der Waals surface area contributed by atoms with Gasteiger partial charge in [-0.05, 0) is 29.3 Å².